The normalized spacial score (nSPS) is 11.6. The molecular formula is C19H19FN2O3. The van der Waals surface area contributed by atoms with Crippen molar-refractivity contribution in [3.63, 3.8) is 0 Å². The fraction of sp³-hybridized carbons (Fsp3) is 0.263. The van der Waals surface area contributed by atoms with E-state index in [1.165, 1.54) is 18.2 Å². The maximum Gasteiger partial charge on any atom is 0.226 e. The Hall–Kier alpha value is -2.89. The van der Waals surface area contributed by atoms with Gasteiger partial charge in [-0.15, -0.1) is 0 Å². The molecule has 0 unspecified atom stereocenters. The van der Waals surface area contributed by atoms with Crippen LogP contribution >= 0.6 is 0 Å². The van der Waals surface area contributed by atoms with Gasteiger partial charge in [-0.05, 0) is 42.3 Å². The molecule has 3 rings (SSSR count). The number of hydrogen-bond acceptors (Lipinski definition) is 4. The number of carbonyl (C=O) groups is 1. The molecule has 0 bridgehead atoms. The van der Waals surface area contributed by atoms with Gasteiger partial charge in [0.1, 0.15) is 17.3 Å². The molecule has 130 valence electrons. The smallest absolute Gasteiger partial charge is 0.226 e. The van der Waals surface area contributed by atoms with Crippen molar-refractivity contribution in [3.05, 3.63) is 59.5 Å². The highest BCUT2D eigenvalue weighted by Crippen LogP contribution is 2.24. The van der Waals surface area contributed by atoms with Crippen molar-refractivity contribution in [2.24, 2.45) is 5.41 Å². The van der Waals surface area contributed by atoms with Gasteiger partial charge in [0.05, 0.1) is 6.54 Å². The molecule has 0 aliphatic rings. The minimum Gasteiger partial charge on any atom is -0.508 e. The van der Waals surface area contributed by atoms with Crippen LogP contribution in [-0.2, 0) is 17.8 Å². The van der Waals surface area contributed by atoms with Crippen molar-refractivity contribution in [2.45, 2.75) is 26.8 Å². The molecule has 3 aromatic rings. The highest BCUT2D eigenvalue weighted by atomic mass is 19.1. The van der Waals surface area contributed by atoms with Gasteiger partial charge in [-0.25, -0.2) is 4.39 Å². The molecule has 2 N–H and O–H groups in total. The van der Waals surface area contributed by atoms with Crippen molar-refractivity contribution >= 4 is 16.9 Å². The van der Waals surface area contributed by atoms with Crippen molar-refractivity contribution < 1.29 is 18.8 Å². The molecule has 2 aromatic carbocycles. The van der Waals surface area contributed by atoms with Crippen molar-refractivity contribution in [3.8, 4) is 5.75 Å². The molecule has 0 saturated carbocycles. The van der Waals surface area contributed by atoms with Crippen molar-refractivity contribution in [1.82, 2.24) is 10.5 Å². The first-order chi connectivity index (χ1) is 11.8. The summed E-state index contributed by atoms with van der Waals surface area (Å²) in [6.45, 7) is 3.85. The van der Waals surface area contributed by atoms with Crippen LogP contribution in [-0.4, -0.2) is 16.2 Å². The zero-order valence-corrected chi connectivity index (χ0v) is 14.0. The average molecular weight is 342 g/mol. The molecule has 0 spiro atoms. The minimum absolute atomic E-state index is 0.145. The summed E-state index contributed by atoms with van der Waals surface area (Å²) in [7, 11) is 0. The Morgan fingerprint density at radius 3 is 2.68 bits per heavy atom. The third-order valence-electron chi connectivity index (χ3n) is 4.12. The van der Waals surface area contributed by atoms with E-state index in [2.05, 4.69) is 10.5 Å². The number of aromatic nitrogens is 1. The Kier molecular flexibility index (Phi) is 4.44. The maximum atomic E-state index is 13.4. The van der Waals surface area contributed by atoms with E-state index in [1.807, 2.05) is 13.8 Å². The predicted octanol–water partition coefficient (Wildman–Crippen LogP) is 3.56. The molecule has 0 radical (unpaired) electrons. The Morgan fingerprint density at radius 2 is 1.96 bits per heavy atom. The topological polar surface area (TPSA) is 75.4 Å². The number of nitrogens with zero attached hydrogens (tertiary/aromatic N) is 1. The first-order valence-corrected chi connectivity index (χ1v) is 7.95. The highest BCUT2D eigenvalue weighted by molar-refractivity contribution is 5.83. The number of carbonyl (C=O) groups excluding carboxylic acids is 1. The van der Waals surface area contributed by atoms with Crippen molar-refractivity contribution in [1.29, 1.82) is 0 Å². The predicted molar refractivity (Wildman–Crippen MR) is 91.4 cm³/mol. The first-order valence-electron chi connectivity index (χ1n) is 7.95. The first kappa shape index (κ1) is 17.0. The summed E-state index contributed by atoms with van der Waals surface area (Å²) in [6.07, 6.45) is 0.521. The van der Waals surface area contributed by atoms with Crippen LogP contribution in [0.25, 0.3) is 11.0 Å². The number of aromatic hydroxyl groups is 1. The summed E-state index contributed by atoms with van der Waals surface area (Å²) >= 11 is 0. The second-order valence-corrected chi connectivity index (χ2v) is 6.68. The molecule has 1 amide bonds. The van der Waals surface area contributed by atoms with E-state index in [0.29, 0.717) is 23.1 Å². The maximum absolute atomic E-state index is 13.4. The largest absolute Gasteiger partial charge is 0.508 e. The molecule has 5 nitrogen and oxygen atoms in total. The molecule has 6 heteroatoms. The number of amides is 1. The Morgan fingerprint density at radius 1 is 1.24 bits per heavy atom. The van der Waals surface area contributed by atoms with Crippen LogP contribution in [0.4, 0.5) is 4.39 Å². The Balaban J connectivity index is 1.68. The summed E-state index contributed by atoms with van der Waals surface area (Å²) in [5, 5.41) is 16.6. The number of hydrogen-bond donors (Lipinski definition) is 2. The third-order valence-corrected chi connectivity index (χ3v) is 4.12. The molecule has 0 atom stereocenters. The van der Waals surface area contributed by atoms with Gasteiger partial charge < -0.3 is 14.9 Å². The molecular weight excluding hydrogens is 323 g/mol. The molecule has 0 aliphatic carbocycles. The van der Waals surface area contributed by atoms with Crippen LogP contribution in [0.1, 0.15) is 25.1 Å². The van der Waals surface area contributed by atoms with Crippen LogP contribution in [0, 0.1) is 11.2 Å². The second-order valence-electron chi connectivity index (χ2n) is 6.68. The van der Waals surface area contributed by atoms with Gasteiger partial charge in [0.15, 0.2) is 5.58 Å². The van der Waals surface area contributed by atoms with Crippen LogP contribution in [0.2, 0.25) is 0 Å². The van der Waals surface area contributed by atoms with Crippen LogP contribution in [0.5, 0.6) is 5.75 Å². The lowest BCUT2D eigenvalue weighted by Crippen LogP contribution is -2.38. The molecule has 25 heavy (non-hydrogen) atoms. The molecule has 1 aromatic heterocycles. The summed E-state index contributed by atoms with van der Waals surface area (Å²) in [6, 6.07) is 10.9. The second kappa shape index (κ2) is 6.55. The fourth-order valence-corrected chi connectivity index (χ4v) is 2.70. The average Bonchev–Trinajstić information content (AvgIpc) is 2.96. The fourth-order valence-electron chi connectivity index (χ4n) is 2.70. The standard InChI is InChI=1S/C19H19FN2O3/c1-19(2,10-12-3-6-14(23)7-4-12)18(24)21-11-16-15-9-13(20)5-8-17(15)25-22-16/h3-9,23H,10-11H2,1-2H3,(H,21,24). The van der Waals surface area contributed by atoms with Gasteiger partial charge in [-0.3, -0.25) is 4.79 Å². The SMILES string of the molecule is CC(C)(Cc1ccc(O)cc1)C(=O)NCc1noc2ccc(F)cc12. The van der Waals surface area contributed by atoms with E-state index in [9.17, 15) is 14.3 Å². The van der Waals surface area contributed by atoms with E-state index >= 15 is 0 Å². The van der Waals surface area contributed by atoms with Gasteiger partial charge in [-0.1, -0.05) is 31.1 Å². The van der Waals surface area contributed by atoms with Crippen LogP contribution in [0.15, 0.2) is 47.0 Å². The third kappa shape index (κ3) is 3.79. The van der Waals surface area contributed by atoms with E-state index in [1.54, 1.807) is 24.3 Å². The number of fused-ring (bicyclic) bond motifs is 1. The van der Waals surface area contributed by atoms with E-state index in [-0.39, 0.29) is 24.0 Å². The van der Waals surface area contributed by atoms with E-state index in [0.717, 1.165) is 5.56 Å². The van der Waals surface area contributed by atoms with Crippen LogP contribution in [0.3, 0.4) is 0 Å². The Bertz CT molecular complexity index is 901. The Labute approximate surface area is 144 Å². The number of rotatable bonds is 5. The van der Waals surface area contributed by atoms with Crippen LogP contribution < -0.4 is 5.32 Å². The van der Waals surface area contributed by atoms with Gasteiger partial charge in [-0.2, -0.15) is 0 Å². The lowest BCUT2D eigenvalue weighted by Gasteiger charge is -2.23. The number of benzene rings is 2. The van der Waals surface area contributed by atoms with Gasteiger partial charge in [0, 0.05) is 10.8 Å². The number of phenols is 1. The number of nitrogens with one attached hydrogen (secondary N) is 1. The van der Waals surface area contributed by atoms with Gasteiger partial charge in [0.25, 0.3) is 0 Å². The van der Waals surface area contributed by atoms with Crippen molar-refractivity contribution in [2.75, 3.05) is 0 Å². The molecule has 0 aliphatic heterocycles. The lowest BCUT2D eigenvalue weighted by molar-refractivity contribution is -0.129. The summed E-state index contributed by atoms with van der Waals surface area (Å²) in [5.41, 5.74) is 1.27. The highest BCUT2D eigenvalue weighted by Gasteiger charge is 2.28. The van der Waals surface area contributed by atoms with E-state index < -0.39 is 5.41 Å². The summed E-state index contributed by atoms with van der Waals surface area (Å²) in [4.78, 5) is 12.5. The van der Waals surface area contributed by atoms with E-state index in [4.69, 9.17) is 4.52 Å². The zero-order chi connectivity index (χ0) is 18.0. The van der Waals surface area contributed by atoms with Gasteiger partial charge in [0.2, 0.25) is 5.91 Å². The minimum atomic E-state index is -0.651. The number of halogens is 1. The summed E-state index contributed by atoms with van der Waals surface area (Å²) < 4.78 is 18.5. The van der Waals surface area contributed by atoms with Gasteiger partial charge >= 0.3 is 0 Å². The quantitative estimate of drug-likeness (QED) is 0.743. The molecule has 0 saturated heterocycles. The summed E-state index contributed by atoms with van der Waals surface area (Å²) in [5.74, 6) is -0.333. The molecule has 0 fully saturated rings. The monoisotopic (exact) mass is 342 g/mol. The molecule has 1 heterocycles. The zero-order valence-electron chi connectivity index (χ0n) is 14.0. The lowest BCUT2D eigenvalue weighted by atomic mass is 9.84. The number of phenolic OH excluding ortho intramolecular Hbond substituents is 1.